The van der Waals surface area contributed by atoms with Crippen LogP contribution in [-0.4, -0.2) is 39.3 Å². The minimum atomic E-state index is 0.274. The van der Waals surface area contributed by atoms with E-state index in [0.29, 0.717) is 17.1 Å². The molecule has 1 heterocycles. The van der Waals surface area contributed by atoms with Gasteiger partial charge in [-0.15, -0.1) is 0 Å². The van der Waals surface area contributed by atoms with Gasteiger partial charge in [0.2, 0.25) is 0 Å². The molecule has 21 heavy (non-hydrogen) atoms. The van der Waals surface area contributed by atoms with Gasteiger partial charge in [-0.2, -0.15) is 0 Å². The molecule has 2 N–H and O–H groups in total. The molecule has 2 fully saturated rings. The molecular formula is C16H24N2O3. The third-order valence-electron chi connectivity index (χ3n) is 3.65. The highest BCUT2D eigenvalue weighted by molar-refractivity contribution is 5.76. The number of hydrogen-bond donors (Lipinski definition) is 2. The van der Waals surface area contributed by atoms with Crippen LogP contribution in [0.25, 0.3) is 0 Å². The fourth-order valence-electron chi connectivity index (χ4n) is 2.49. The van der Waals surface area contributed by atoms with Crippen molar-refractivity contribution < 1.29 is 14.3 Å². The molecule has 1 aliphatic heterocycles. The molecule has 1 saturated heterocycles. The molecule has 0 spiro atoms. The topological polar surface area (TPSA) is 59.6 Å². The van der Waals surface area contributed by atoms with E-state index in [2.05, 4.69) is 10.6 Å². The summed E-state index contributed by atoms with van der Waals surface area (Å²) in [6, 6.07) is 5.24. The predicted octanol–water partition coefficient (Wildman–Crippen LogP) is 1.97. The maximum atomic E-state index is 10.7. The van der Waals surface area contributed by atoms with Gasteiger partial charge in [-0.25, -0.2) is 0 Å². The van der Waals surface area contributed by atoms with Crippen molar-refractivity contribution in [3.05, 3.63) is 23.8 Å². The Morgan fingerprint density at radius 1 is 1.14 bits per heavy atom. The Morgan fingerprint density at radius 2 is 1.86 bits per heavy atom. The van der Waals surface area contributed by atoms with Gasteiger partial charge in [0.05, 0.1) is 13.2 Å². The Kier molecular flexibility index (Phi) is 6.50. The highest BCUT2D eigenvalue weighted by atomic mass is 16.5. The molecule has 1 aromatic carbocycles. The van der Waals surface area contributed by atoms with E-state index in [1.54, 1.807) is 25.3 Å². The lowest BCUT2D eigenvalue weighted by Crippen LogP contribution is -2.11. The van der Waals surface area contributed by atoms with Gasteiger partial charge >= 0.3 is 0 Å². The largest absolute Gasteiger partial charge is 0.493 e. The van der Waals surface area contributed by atoms with Crippen molar-refractivity contribution in [2.24, 2.45) is 0 Å². The molecule has 5 nitrogen and oxygen atoms in total. The van der Waals surface area contributed by atoms with E-state index in [9.17, 15) is 4.79 Å². The number of hydrogen-bond acceptors (Lipinski definition) is 5. The van der Waals surface area contributed by atoms with E-state index >= 15 is 0 Å². The fourth-order valence-corrected chi connectivity index (χ4v) is 2.49. The van der Waals surface area contributed by atoms with Crippen LogP contribution in [0.1, 0.15) is 36.0 Å². The van der Waals surface area contributed by atoms with Crippen LogP contribution < -0.4 is 20.1 Å². The van der Waals surface area contributed by atoms with Crippen LogP contribution in [-0.2, 0) is 0 Å². The van der Waals surface area contributed by atoms with Gasteiger partial charge < -0.3 is 20.1 Å². The molecule has 1 saturated carbocycles. The van der Waals surface area contributed by atoms with Gasteiger partial charge in [0, 0.05) is 25.3 Å². The van der Waals surface area contributed by atoms with Gasteiger partial charge in [-0.05, 0) is 43.9 Å². The summed E-state index contributed by atoms with van der Waals surface area (Å²) in [6.07, 6.45) is 5.72. The van der Waals surface area contributed by atoms with Crippen LogP contribution in [0.3, 0.4) is 0 Å². The summed E-state index contributed by atoms with van der Waals surface area (Å²) in [6.45, 7) is 3.28. The molecule has 0 amide bonds. The molecule has 3 rings (SSSR count). The Morgan fingerprint density at radius 3 is 2.38 bits per heavy atom. The summed E-state index contributed by atoms with van der Waals surface area (Å²) >= 11 is 0. The van der Waals surface area contributed by atoms with Crippen molar-refractivity contribution in [1.82, 2.24) is 10.6 Å². The molecule has 1 aliphatic carbocycles. The SMILES string of the molecule is C1CNCN1.COc1ccc(C=O)cc1OC1CCCC1. The molecule has 0 aromatic heterocycles. The fraction of sp³-hybridized carbons (Fsp3) is 0.562. The first-order valence-corrected chi connectivity index (χ1v) is 7.55. The number of benzene rings is 1. The first-order chi connectivity index (χ1) is 10.3. The molecule has 0 unspecified atom stereocenters. The van der Waals surface area contributed by atoms with E-state index in [0.717, 1.165) is 38.9 Å². The van der Waals surface area contributed by atoms with Gasteiger partial charge in [0.1, 0.15) is 6.29 Å². The summed E-state index contributed by atoms with van der Waals surface area (Å²) in [5.41, 5.74) is 0.619. The number of methoxy groups -OCH3 is 1. The van der Waals surface area contributed by atoms with Crippen LogP contribution in [0.2, 0.25) is 0 Å². The minimum absolute atomic E-state index is 0.274. The van der Waals surface area contributed by atoms with Crippen molar-refractivity contribution in [2.45, 2.75) is 31.8 Å². The Labute approximate surface area is 126 Å². The van der Waals surface area contributed by atoms with Crippen molar-refractivity contribution in [3.8, 4) is 11.5 Å². The second kappa shape index (κ2) is 8.64. The summed E-state index contributed by atoms with van der Waals surface area (Å²) < 4.78 is 11.1. The minimum Gasteiger partial charge on any atom is -0.493 e. The zero-order chi connectivity index (χ0) is 14.9. The highest BCUT2D eigenvalue weighted by Crippen LogP contribution is 2.31. The van der Waals surface area contributed by atoms with E-state index in [1.165, 1.54) is 12.8 Å². The third-order valence-corrected chi connectivity index (χ3v) is 3.65. The Balaban J connectivity index is 0.000000272. The summed E-state index contributed by atoms with van der Waals surface area (Å²) in [4.78, 5) is 10.7. The molecule has 0 radical (unpaired) electrons. The maximum Gasteiger partial charge on any atom is 0.162 e. The highest BCUT2D eigenvalue weighted by Gasteiger charge is 2.18. The normalized spacial score (nSPS) is 18.0. The molecular weight excluding hydrogens is 268 g/mol. The predicted molar refractivity (Wildman–Crippen MR) is 82.1 cm³/mol. The van der Waals surface area contributed by atoms with Crippen molar-refractivity contribution in [3.63, 3.8) is 0 Å². The monoisotopic (exact) mass is 292 g/mol. The van der Waals surface area contributed by atoms with Crippen LogP contribution in [0.5, 0.6) is 11.5 Å². The zero-order valence-corrected chi connectivity index (χ0v) is 12.6. The number of rotatable bonds is 4. The average Bonchev–Trinajstić information content (AvgIpc) is 3.23. The summed E-state index contributed by atoms with van der Waals surface area (Å²) in [7, 11) is 1.61. The molecule has 2 aliphatic rings. The van der Waals surface area contributed by atoms with Gasteiger partial charge in [0.25, 0.3) is 0 Å². The molecule has 116 valence electrons. The lowest BCUT2D eigenvalue weighted by atomic mass is 10.2. The third kappa shape index (κ3) is 5.02. The molecule has 1 aromatic rings. The standard InChI is InChI=1S/C13H16O3.C3H8N2/c1-15-12-7-6-10(9-14)8-13(12)16-11-4-2-3-5-11;1-2-5-3-4-1/h6-9,11H,2-5H2,1H3;4-5H,1-3H2. The Bertz CT molecular complexity index is 434. The zero-order valence-electron chi connectivity index (χ0n) is 12.6. The lowest BCUT2D eigenvalue weighted by molar-refractivity contribution is 0.112. The van der Waals surface area contributed by atoms with Crippen molar-refractivity contribution in [2.75, 3.05) is 26.9 Å². The van der Waals surface area contributed by atoms with Crippen molar-refractivity contribution >= 4 is 6.29 Å². The maximum absolute atomic E-state index is 10.7. The number of ether oxygens (including phenoxy) is 2. The van der Waals surface area contributed by atoms with E-state index < -0.39 is 0 Å². The second-order valence-corrected chi connectivity index (χ2v) is 5.23. The van der Waals surface area contributed by atoms with Crippen LogP contribution in [0, 0.1) is 0 Å². The van der Waals surface area contributed by atoms with E-state index in [4.69, 9.17) is 9.47 Å². The van der Waals surface area contributed by atoms with Crippen LogP contribution >= 0.6 is 0 Å². The van der Waals surface area contributed by atoms with Crippen LogP contribution in [0.15, 0.2) is 18.2 Å². The average molecular weight is 292 g/mol. The molecule has 0 atom stereocenters. The smallest absolute Gasteiger partial charge is 0.162 e. The van der Waals surface area contributed by atoms with Gasteiger partial charge in [-0.1, -0.05) is 0 Å². The Hall–Kier alpha value is -1.59. The first kappa shape index (κ1) is 15.8. The summed E-state index contributed by atoms with van der Waals surface area (Å²) in [5.74, 6) is 1.37. The van der Waals surface area contributed by atoms with E-state index in [1.807, 2.05) is 0 Å². The van der Waals surface area contributed by atoms with Crippen molar-refractivity contribution in [1.29, 1.82) is 0 Å². The quantitative estimate of drug-likeness (QED) is 0.831. The van der Waals surface area contributed by atoms with E-state index in [-0.39, 0.29) is 6.10 Å². The first-order valence-electron chi connectivity index (χ1n) is 7.55. The second-order valence-electron chi connectivity index (χ2n) is 5.23. The number of carbonyl (C=O) groups excluding carboxylic acids is 1. The van der Waals surface area contributed by atoms with Gasteiger partial charge in [-0.3, -0.25) is 4.79 Å². The number of nitrogens with one attached hydrogen (secondary N) is 2. The molecule has 5 heteroatoms. The molecule has 0 bridgehead atoms. The summed E-state index contributed by atoms with van der Waals surface area (Å²) in [5, 5.41) is 6.22. The van der Waals surface area contributed by atoms with Gasteiger partial charge in [0.15, 0.2) is 11.5 Å². The number of aldehydes is 1. The van der Waals surface area contributed by atoms with Crippen LogP contribution in [0.4, 0.5) is 0 Å². The number of carbonyl (C=O) groups is 1. The lowest BCUT2D eigenvalue weighted by Gasteiger charge is -2.15.